The fourth-order valence-electron chi connectivity index (χ4n) is 2.83. The van der Waals surface area contributed by atoms with Gasteiger partial charge in [-0.15, -0.1) is 0 Å². The lowest BCUT2D eigenvalue weighted by Crippen LogP contribution is -2.20. The number of rotatable bonds is 2. The Bertz CT molecular complexity index is 760. The van der Waals surface area contributed by atoms with Crippen molar-refractivity contribution < 1.29 is 9.52 Å². The lowest BCUT2D eigenvalue weighted by atomic mass is 10.1. The SMILES string of the molecule is Cc1cc2c(C3=C(CO)SC4=NCCN43)cccc2o1. The van der Waals surface area contributed by atoms with E-state index in [0.29, 0.717) is 0 Å². The molecule has 0 aliphatic carbocycles. The maximum atomic E-state index is 9.65. The van der Waals surface area contributed by atoms with Gasteiger partial charge in [0.1, 0.15) is 11.3 Å². The number of aliphatic imine (C=N–C) groups is 1. The van der Waals surface area contributed by atoms with Crippen molar-refractivity contribution in [2.45, 2.75) is 6.92 Å². The van der Waals surface area contributed by atoms with Gasteiger partial charge in [0.05, 0.1) is 18.8 Å². The highest BCUT2D eigenvalue weighted by Crippen LogP contribution is 2.43. The maximum absolute atomic E-state index is 9.65. The second kappa shape index (κ2) is 4.40. The number of hydrogen-bond donors (Lipinski definition) is 1. The Hall–Kier alpha value is -1.72. The number of furan rings is 1. The van der Waals surface area contributed by atoms with Crippen LogP contribution in [-0.2, 0) is 0 Å². The van der Waals surface area contributed by atoms with Crippen molar-refractivity contribution >= 4 is 33.6 Å². The van der Waals surface area contributed by atoms with E-state index in [2.05, 4.69) is 22.0 Å². The lowest BCUT2D eigenvalue weighted by molar-refractivity contribution is 0.339. The quantitative estimate of drug-likeness (QED) is 0.922. The van der Waals surface area contributed by atoms with E-state index in [1.807, 2.05) is 19.1 Å². The second-order valence-corrected chi connectivity index (χ2v) is 5.98. The van der Waals surface area contributed by atoms with E-state index in [-0.39, 0.29) is 6.61 Å². The molecular weight excluding hydrogens is 272 g/mol. The van der Waals surface area contributed by atoms with Crippen LogP contribution in [0.15, 0.2) is 38.6 Å². The number of aliphatic hydroxyl groups is 1. The van der Waals surface area contributed by atoms with Gasteiger partial charge in [0.2, 0.25) is 0 Å². The van der Waals surface area contributed by atoms with E-state index in [1.165, 1.54) is 0 Å². The summed E-state index contributed by atoms with van der Waals surface area (Å²) < 4.78 is 5.71. The molecule has 0 unspecified atom stereocenters. The van der Waals surface area contributed by atoms with Gasteiger partial charge < -0.3 is 14.4 Å². The standard InChI is InChI=1S/C15H14N2O2S/c1-9-7-11-10(3-2-4-12(11)19-9)14-13(8-18)20-15-16-5-6-17(14)15/h2-4,7,18H,5-6,8H2,1H3. The molecule has 0 saturated carbocycles. The second-order valence-electron chi connectivity index (χ2n) is 4.92. The summed E-state index contributed by atoms with van der Waals surface area (Å²) in [7, 11) is 0. The van der Waals surface area contributed by atoms with Crippen LogP contribution in [-0.4, -0.2) is 34.9 Å². The molecule has 5 heteroatoms. The molecule has 4 rings (SSSR count). The molecule has 0 fully saturated rings. The Morgan fingerprint density at radius 2 is 2.35 bits per heavy atom. The topological polar surface area (TPSA) is 49.0 Å². The van der Waals surface area contributed by atoms with E-state index in [9.17, 15) is 5.11 Å². The van der Waals surface area contributed by atoms with Crippen LogP contribution in [0.4, 0.5) is 0 Å². The third kappa shape index (κ3) is 1.63. The molecule has 0 radical (unpaired) electrons. The molecule has 4 nitrogen and oxygen atoms in total. The van der Waals surface area contributed by atoms with Gasteiger partial charge >= 0.3 is 0 Å². The third-order valence-electron chi connectivity index (χ3n) is 3.63. The summed E-state index contributed by atoms with van der Waals surface area (Å²) in [6, 6.07) is 8.12. The van der Waals surface area contributed by atoms with Crippen LogP contribution in [0.5, 0.6) is 0 Å². The fourth-order valence-corrected chi connectivity index (χ4v) is 3.88. The van der Waals surface area contributed by atoms with Crippen LogP contribution in [0.25, 0.3) is 16.7 Å². The van der Waals surface area contributed by atoms with Crippen LogP contribution in [0, 0.1) is 6.92 Å². The molecule has 0 saturated heterocycles. The van der Waals surface area contributed by atoms with Crippen LogP contribution >= 0.6 is 11.8 Å². The minimum absolute atomic E-state index is 0.0444. The van der Waals surface area contributed by atoms with Gasteiger partial charge in [0.15, 0.2) is 5.17 Å². The molecule has 2 aliphatic heterocycles. The molecule has 1 aromatic heterocycles. The number of hydrogen-bond acceptors (Lipinski definition) is 5. The monoisotopic (exact) mass is 286 g/mol. The summed E-state index contributed by atoms with van der Waals surface area (Å²) in [5.41, 5.74) is 3.09. The predicted octanol–water partition coefficient (Wildman–Crippen LogP) is 2.82. The van der Waals surface area contributed by atoms with E-state index in [0.717, 1.165) is 51.2 Å². The summed E-state index contributed by atoms with van der Waals surface area (Å²) in [6.45, 7) is 3.71. The summed E-state index contributed by atoms with van der Waals surface area (Å²) >= 11 is 1.57. The molecule has 1 aromatic carbocycles. The number of fused-ring (bicyclic) bond motifs is 2. The Labute approximate surface area is 120 Å². The van der Waals surface area contributed by atoms with Gasteiger partial charge in [-0.1, -0.05) is 23.9 Å². The zero-order chi connectivity index (χ0) is 13.7. The largest absolute Gasteiger partial charge is 0.461 e. The van der Waals surface area contributed by atoms with Crippen molar-refractivity contribution in [1.82, 2.24) is 4.90 Å². The van der Waals surface area contributed by atoms with Gasteiger partial charge in [0.25, 0.3) is 0 Å². The normalized spacial score (nSPS) is 18.1. The Morgan fingerprint density at radius 3 is 3.20 bits per heavy atom. The van der Waals surface area contributed by atoms with Gasteiger partial charge in [0, 0.05) is 22.4 Å². The van der Waals surface area contributed by atoms with E-state index in [4.69, 9.17) is 4.42 Å². The van der Waals surface area contributed by atoms with Crippen molar-refractivity contribution in [2.75, 3.05) is 19.7 Å². The molecular formula is C15H14N2O2S. The Kier molecular flexibility index (Phi) is 2.65. The third-order valence-corrected chi connectivity index (χ3v) is 4.73. The molecule has 20 heavy (non-hydrogen) atoms. The number of nitrogens with zero attached hydrogens (tertiary/aromatic N) is 2. The first-order chi connectivity index (χ1) is 9.78. The number of benzene rings is 1. The molecule has 2 aromatic rings. The van der Waals surface area contributed by atoms with E-state index >= 15 is 0 Å². The lowest BCUT2D eigenvalue weighted by Gasteiger charge is -2.17. The minimum Gasteiger partial charge on any atom is -0.461 e. The van der Waals surface area contributed by atoms with E-state index < -0.39 is 0 Å². The summed E-state index contributed by atoms with van der Waals surface area (Å²) in [4.78, 5) is 7.66. The van der Waals surface area contributed by atoms with Gasteiger partial charge in [-0.2, -0.15) is 0 Å². The highest BCUT2D eigenvalue weighted by molar-refractivity contribution is 8.17. The first-order valence-electron chi connectivity index (χ1n) is 6.61. The molecule has 0 amide bonds. The van der Waals surface area contributed by atoms with Crippen molar-refractivity contribution in [3.8, 4) is 0 Å². The summed E-state index contributed by atoms with van der Waals surface area (Å²) in [5, 5.41) is 11.7. The molecule has 0 bridgehead atoms. The van der Waals surface area contributed by atoms with Gasteiger partial charge in [-0.3, -0.25) is 4.99 Å². The fraction of sp³-hybridized carbons (Fsp3) is 0.267. The highest BCUT2D eigenvalue weighted by Gasteiger charge is 2.33. The van der Waals surface area contributed by atoms with Crippen LogP contribution < -0.4 is 0 Å². The number of aryl methyl sites for hydroxylation is 1. The zero-order valence-electron chi connectivity index (χ0n) is 11.1. The number of amidine groups is 1. The minimum atomic E-state index is 0.0444. The van der Waals surface area contributed by atoms with Crippen molar-refractivity contribution in [1.29, 1.82) is 0 Å². The van der Waals surface area contributed by atoms with Crippen LogP contribution in [0.3, 0.4) is 0 Å². The average molecular weight is 286 g/mol. The molecule has 1 N–H and O–H groups in total. The molecule has 0 atom stereocenters. The van der Waals surface area contributed by atoms with Gasteiger partial charge in [-0.05, 0) is 19.1 Å². The first-order valence-corrected chi connectivity index (χ1v) is 7.43. The Morgan fingerprint density at radius 1 is 1.45 bits per heavy atom. The van der Waals surface area contributed by atoms with Crippen molar-refractivity contribution in [2.24, 2.45) is 4.99 Å². The van der Waals surface area contributed by atoms with E-state index in [1.54, 1.807) is 11.8 Å². The van der Waals surface area contributed by atoms with Crippen LogP contribution in [0.1, 0.15) is 11.3 Å². The average Bonchev–Trinajstić information content (AvgIpc) is 3.09. The Balaban J connectivity index is 1.95. The number of aliphatic hydroxyl groups excluding tert-OH is 1. The van der Waals surface area contributed by atoms with Crippen molar-refractivity contribution in [3.63, 3.8) is 0 Å². The first kappa shape index (κ1) is 12.1. The van der Waals surface area contributed by atoms with Crippen molar-refractivity contribution in [3.05, 3.63) is 40.5 Å². The zero-order valence-corrected chi connectivity index (χ0v) is 11.9. The number of thioether (sulfide) groups is 1. The van der Waals surface area contributed by atoms with Gasteiger partial charge in [-0.25, -0.2) is 0 Å². The molecule has 2 aliphatic rings. The van der Waals surface area contributed by atoms with Crippen LogP contribution in [0.2, 0.25) is 0 Å². The highest BCUT2D eigenvalue weighted by atomic mass is 32.2. The predicted molar refractivity (Wildman–Crippen MR) is 81.6 cm³/mol. The maximum Gasteiger partial charge on any atom is 0.168 e. The summed E-state index contributed by atoms with van der Waals surface area (Å²) in [5.74, 6) is 0.902. The molecule has 0 spiro atoms. The molecule has 3 heterocycles. The molecule has 102 valence electrons. The summed E-state index contributed by atoms with van der Waals surface area (Å²) in [6.07, 6.45) is 0. The smallest absolute Gasteiger partial charge is 0.168 e.